The number of benzene rings is 14. The van der Waals surface area contributed by atoms with Crippen LogP contribution in [-0.2, 0) is 0 Å². The van der Waals surface area contributed by atoms with E-state index in [0.717, 1.165) is 177 Å². The van der Waals surface area contributed by atoms with Crippen molar-refractivity contribution in [3.8, 4) is 147 Å². The van der Waals surface area contributed by atoms with E-state index in [2.05, 4.69) is 170 Å². The lowest BCUT2D eigenvalue weighted by molar-refractivity contribution is 1.07. The highest BCUT2D eigenvalue weighted by Crippen LogP contribution is 2.45. The van der Waals surface area contributed by atoms with Gasteiger partial charge in [0.1, 0.15) is 0 Å². The molecule has 14 aromatic carbocycles. The monoisotopic (exact) mass is 1460 g/mol. The van der Waals surface area contributed by atoms with Gasteiger partial charge in [-0.05, 0) is 135 Å². The van der Waals surface area contributed by atoms with Crippen LogP contribution in [0.2, 0.25) is 0 Å². The van der Waals surface area contributed by atoms with E-state index in [-0.39, 0.29) is 11.1 Å². The minimum atomic E-state index is -0.115. The molecule has 12 nitrogen and oxygen atoms in total. The van der Waals surface area contributed by atoms with Crippen molar-refractivity contribution in [3.05, 3.63) is 385 Å². The van der Waals surface area contributed by atoms with Gasteiger partial charge in [0.2, 0.25) is 0 Å². The molecule has 0 atom stereocenters. The van der Waals surface area contributed by atoms with Crippen molar-refractivity contribution in [2.45, 2.75) is 0 Å². The lowest BCUT2D eigenvalue weighted by Crippen LogP contribution is -2.13. The highest BCUT2D eigenvalue weighted by molar-refractivity contribution is 6.24. The fraction of sp³-hybridized carbons (Fsp3) is 0. The van der Waals surface area contributed by atoms with Gasteiger partial charge in [0.05, 0.1) is 44.8 Å². The second-order valence-corrected chi connectivity index (χ2v) is 28.9. The van der Waals surface area contributed by atoms with E-state index in [1.165, 1.54) is 0 Å². The molecular formula is C102H60N10O2. The molecule has 0 saturated heterocycles. The van der Waals surface area contributed by atoms with Crippen molar-refractivity contribution in [2.24, 2.45) is 0 Å². The lowest BCUT2D eigenvalue weighted by atomic mass is 9.94. The molecule has 0 radical (unpaired) electrons. The maximum absolute atomic E-state index is 15.9. The van der Waals surface area contributed by atoms with Gasteiger partial charge >= 0.3 is 0 Å². The van der Waals surface area contributed by atoms with Crippen molar-refractivity contribution in [1.82, 2.24) is 48.7 Å². The van der Waals surface area contributed by atoms with Crippen molar-refractivity contribution >= 4 is 75.9 Å². The Morgan fingerprint density at radius 1 is 0.158 bits per heavy atom. The Balaban J connectivity index is 0.694. The summed E-state index contributed by atoms with van der Waals surface area (Å²) in [6.45, 7) is 0. The normalized spacial score (nSPS) is 11.8. The van der Waals surface area contributed by atoms with Crippen LogP contribution < -0.4 is 11.1 Å². The molecule has 0 bridgehead atoms. The van der Waals surface area contributed by atoms with Crippen molar-refractivity contribution in [1.29, 1.82) is 0 Å². The Labute approximate surface area is 652 Å². The van der Waals surface area contributed by atoms with Gasteiger partial charge in [0.15, 0.2) is 34.9 Å². The largest absolute Gasteiger partial charge is 0.275 e. The Hall–Kier alpha value is -15.7. The van der Waals surface area contributed by atoms with Crippen molar-refractivity contribution in [3.63, 3.8) is 0 Å². The number of rotatable bonds is 13. The predicted octanol–water partition coefficient (Wildman–Crippen LogP) is 23.5. The van der Waals surface area contributed by atoms with Crippen molar-refractivity contribution in [2.75, 3.05) is 0 Å². The molecule has 530 valence electrons. The van der Waals surface area contributed by atoms with Crippen LogP contribution in [0, 0.1) is 0 Å². The minimum Gasteiger partial charge on any atom is -0.275 e. The Bertz CT molecular complexity index is 7550. The molecule has 0 aliphatic carbocycles. The zero-order chi connectivity index (χ0) is 75.5. The molecule has 8 aromatic heterocycles. The van der Waals surface area contributed by atoms with Crippen LogP contribution in [0.15, 0.2) is 374 Å². The SMILES string of the molecule is O=c1c2cc(-c3ccc(-c4nc(-c5ccccc5)nc(-c5cc6c7ccccc7c(=O)n7c8ccc(-c9nc(-c%10ccccc%10)nc(-c%10ccccc%10)n9)cc8c(c5)c67)n4)cc3)ccc2c2cc(-c3cc(-c4ccccc4)nc(-c4ccccc4)c3)cc3c4cc(-c5cc(-c6ccccc6)nc(-c6ccccc6)c5)ccc4n1c23. The highest BCUT2D eigenvalue weighted by Gasteiger charge is 2.26. The van der Waals surface area contributed by atoms with E-state index in [0.29, 0.717) is 45.7 Å². The molecule has 0 spiro atoms. The summed E-state index contributed by atoms with van der Waals surface area (Å²) in [5, 5.41) is 8.23. The molecule has 0 unspecified atom stereocenters. The van der Waals surface area contributed by atoms with Crippen LogP contribution in [-0.4, -0.2) is 48.7 Å². The van der Waals surface area contributed by atoms with E-state index >= 15 is 4.79 Å². The van der Waals surface area contributed by atoms with Gasteiger partial charge in [-0.25, -0.2) is 39.9 Å². The number of nitrogens with zero attached hydrogens (tertiary/aromatic N) is 10. The summed E-state index contributed by atoms with van der Waals surface area (Å²) in [5.74, 6) is 3.00. The van der Waals surface area contributed by atoms with Crippen LogP contribution >= 0.6 is 0 Å². The molecule has 0 amide bonds. The molecule has 0 N–H and O–H groups in total. The van der Waals surface area contributed by atoms with Gasteiger partial charge in [-0.1, -0.05) is 273 Å². The summed E-state index contributed by atoms with van der Waals surface area (Å²) in [4.78, 5) is 72.5. The van der Waals surface area contributed by atoms with Crippen LogP contribution in [0.1, 0.15) is 0 Å². The van der Waals surface area contributed by atoms with Crippen LogP contribution in [0.25, 0.3) is 223 Å². The van der Waals surface area contributed by atoms with E-state index in [1.807, 2.05) is 203 Å². The average molecular weight is 1460 g/mol. The number of pyridine rings is 4. The number of aromatic nitrogens is 10. The zero-order valence-corrected chi connectivity index (χ0v) is 60.9. The molecule has 114 heavy (non-hydrogen) atoms. The number of hydrogen-bond donors (Lipinski definition) is 0. The molecule has 22 rings (SSSR count). The van der Waals surface area contributed by atoms with E-state index in [4.69, 9.17) is 39.9 Å². The number of hydrogen-bond acceptors (Lipinski definition) is 10. The average Bonchev–Trinajstić information content (AvgIpc) is 1.55. The van der Waals surface area contributed by atoms with Gasteiger partial charge in [-0.3, -0.25) is 18.4 Å². The van der Waals surface area contributed by atoms with Gasteiger partial charge in [0, 0.05) is 98.7 Å². The maximum Gasteiger partial charge on any atom is 0.263 e. The molecule has 0 aliphatic heterocycles. The molecule has 8 heterocycles. The maximum atomic E-state index is 15.9. The van der Waals surface area contributed by atoms with E-state index in [9.17, 15) is 4.79 Å². The first-order valence-electron chi connectivity index (χ1n) is 37.9. The highest BCUT2D eigenvalue weighted by atomic mass is 16.1. The Morgan fingerprint density at radius 2 is 0.412 bits per heavy atom. The fourth-order valence-corrected chi connectivity index (χ4v) is 16.5. The van der Waals surface area contributed by atoms with Gasteiger partial charge in [-0.15, -0.1) is 0 Å². The molecule has 22 aromatic rings. The summed E-state index contributed by atoms with van der Waals surface area (Å²) in [6, 6.07) is 123. The summed E-state index contributed by atoms with van der Waals surface area (Å²) >= 11 is 0. The summed E-state index contributed by atoms with van der Waals surface area (Å²) in [5.41, 5.74) is 21.0. The third-order valence-corrected chi connectivity index (χ3v) is 22.1. The summed E-state index contributed by atoms with van der Waals surface area (Å²) in [7, 11) is 0. The molecular weight excluding hydrogens is 1400 g/mol. The lowest BCUT2D eigenvalue weighted by Gasteiger charge is -2.13. The van der Waals surface area contributed by atoms with E-state index in [1.54, 1.807) is 0 Å². The Morgan fingerprint density at radius 3 is 0.842 bits per heavy atom. The molecule has 0 aliphatic rings. The second-order valence-electron chi connectivity index (χ2n) is 28.9. The predicted molar refractivity (Wildman–Crippen MR) is 461 cm³/mol. The molecule has 0 fully saturated rings. The van der Waals surface area contributed by atoms with Gasteiger partial charge in [0.25, 0.3) is 11.1 Å². The van der Waals surface area contributed by atoms with E-state index < -0.39 is 0 Å². The first kappa shape index (κ1) is 65.4. The first-order valence-corrected chi connectivity index (χ1v) is 37.9. The quantitative estimate of drug-likeness (QED) is 0.102. The smallest absolute Gasteiger partial charge is 0.263 e. The number of fused-ring (bicyclic) bond motifs is 10. The van der Waals surface area contributed by atoms with Crippen LogP contribution in [0.5, 0.6) is 0 Å². The van der Waals surface area contributed by atoms with Gasteiger partial charge < -0.3 is 0 Å². The molecule has 12 heteroatoms. The second kappa shape index (κ2) is 26.6. The fourth-order valence-electron chi connectivity index (χ4n) is 16.5. The van der Waals surface area contributed by atoms with Crippen LogP contribution in [0.3, 0.4) is 0 Å². The minimum absolute atomic E-state index is 0.115. The zero-order valence-electron chi connectivity index (χ0n) is 60.9. The topological polar surface area (TPSA) is 146 Å². The molecule has 0 saturated carbocycles. The van der Waals surface area contributed by atoms with Crippen molar-refractivity contribution < 1.29 is 0 Å². The first-order chi connectivity index (χ1) is 56.3. The third-order valence-electron chi connectivity index (χ3n) is 22.1. The van der Waals surface area contributed by atoms with Crippen LogP contribution in [0.4, 0.5) is 0 Å². The standard InChI is InChI=1S/C102H60N10O2/c113-101-79-39-23-22-38-77(79)83-55-76(56-85-81-52-72(46-49-92(81)111(101)94(83)85)99-107-95(66-32-16-5-17-33-66)105-96(108-99)67-34-18-6-19-35-67)100-109-97(68-36-20-7-21-37-68)106-98(110-100)69-42-40-61(41-43-69)70-44-47-78-82-53-73(75-59-89(64-28-12-3-13-29-64)104-90(60-75)65-30-14-4-15-31-65)54-84-80-50-71(45-48-91(80)112(93(82)84)102(114)86(78)51-70)74-57-87(62-24-8-1-9-25-62)103-88(58-74)63-26-10-2-11-27-63/h1-60H. The summed E-state index contributed by atoms with van der Waals surface area (Å²) in [6.07, 6.45) is 0. The summed E-state index contributed by atoms with van der Waals surface area (Å²) < 4.78 is 3.77. The Kier molecular flexibility index (Phi) is 15.3. The van der Waals surface area contributed by atoms with Gasteiger partial charge in [-0.2, -0.15) is 0 Å². The third kappa shape index (κ3) is 11.1.